The van der Waals surface area contributed by atoms with E-state index in [1.165, 1.54) is 7.11 Å². The van der Waals surface area contributed by atoms with E-state index in [4.69, 9.17) is 11.6 Å². The predicted octanol–water partition coefficient (Wildman–Crippen LogP) is 2.17. The minimum absolute atomic E-state index is 0.543. The van der Waals surface area contributed by atoms with Crippen LogP contribution in [0.2, 0.25) is 5.02 Å². The second-order valence-corrected chi connectivity index (χ2v) is 3.08. The van der Waals surface area contributed by atoms with Crippen LogP contribution in [0.15, 0.2) is 18.2 Å². The van der Waals surface area contributed by atoms with Crippen molar-refractivity contribution in [1.82, 2.24) is 0 Å². The third-order valence-corrected chi connectivity index (χ3v) is 2.01. The quantitative estimate of drug-likeness (QED) is 0.483. The summed E-state index contributed by atoms with van der Waals surface area (Å²) in [5.41, 5.74) is 1.61. The van der Waals surface area contributed by atoms with Crippen LogP contribution in [0.1, 0.15) is 11.1 Å². The molecule has 0 bridgehead atoms. The molecule has 0 radical (unpaired) electrons. The fraction of sp³-hybridized carbons (Fsp3) is 0.182. The van der Waals surface area contributed by atoms with Crippen LogP contribution in [-0.2, 0) is 9.53 Å². The van der Waals surface area contributed by atoms with Crippen molar-refractivity contribution in [2.45, 2.75) is 6.92 Å². The van der Waals surface area contributed by atoms with Crippen molar-refractivity contribution in [3.63, 3.8) is 0 Å². The number of methoxy groups -OCH3 is 1. The van der Waals surface area contributed by atoms with Gasteiger partial charge in [-0.3, -0.25) is 0 Å². The van der Waals surface area contributed by atoms with E-state index < -0.39 is 5.97 Å². The van der Waals surface area contributed by atoms with E-state index >= 15 is 0 Å². The summed E-state index contributed by atoms with van der Waals surface area (Å²) in [5.74, 6) is 4.44. The molecule has 72 valence electrons. The maximum absolute atomic E-state index is 10.8. The van der Waals surface area contributed by atoms with Crippen LogP contribution in [0.5, 0.6) is 0 Å². The topological polar surface area (TPSA) is 26.3 Å². The summed E-state index contributed by atoms with van der Waals surface area (Å²) in [4.78, 5) is 10.8. The van der Waals surface area contributed by atoms with Gasteiger partial charge in [0, 0.05) is 11.5 Å². The molecule has 14 heavy (non-hydrogen) atoms. The number of hydrogen-bond acceptors (Lipinski definition) is 2. The van der Waals surface area contributed by atoms with Gasteiger partial charge < -0.3 is 4.74 Å². The Morgan fingerprint density at radius 2 is 2.21 bits per heavy atom. The summed E-state index contributed by atoms with van der Waals surface area (Å²) in [6, 6.07) is 5.45. The van der Waals surface area contributed by atoms with Crippen molar-refractivity contribution in [3.05, 3.63) is 34.3 Å². The average Bonchev–Trinajstić information content (AvgIpc) is 2.16. The molecule has 0 aliphatic rings. The lowest BCUT2D eigenvalue weighted by atomic mass is 10.1. The molecule has 1 aromatic rings. The maximum Gasteiger partial charge on any atom is 0.384 e. The number of rotatable bonds is 0. The molecule has 2 nitrogen and oxygen atoms in total. The third-order valence-electron chi connectivity index (χ3n) is 1.70. The summed E-state index contributed by atoms with van der Waals surface area (Å²) >= 11 is 5.90. The van der Waals surface area contributed by atoms with Crippen molar-refractivity contribution >= 4 is 17.6 Å². The van der Waals surface area contributed by atoms with Crippen LogP contribution >= 0.6 is 11.6 Å². The second kappa shape index (κ2) is 4.69. The molecule has 0 unspecified atom stereocenters. The van der Waals surface area contributed by atoms with Gasteiger partial charge in [-0.2, -0.15) is 0 Å². The Morgan fingerprint density at radius 3 is 2.79 bits per heavy atom. The van der Waals surface area contributed by atoms with Gasteiger partial charge in [0.05, 0.1) is 12.1 Å². The first-order valence-electron chi connectivity index (χ1n) is 4.00. The van der Waals surface area contributed by atoms with Crippen LogP contribution in [0.4, 0.5) is 0 Å². The molecule has 1 aromatic carbocycles. The van der Waals surface area contributed by atoms with Crippen LogP contribution in [0.3, 0.4) is 0 Å². The predicted molar refractivity (Wildman–Crippen MR) is 55.1 cm³/mol. The van der Waals surface area contributed by atoms with Gasteiger partial charge in [-0.15, -0.1) is 0 Å². The lowest BCUT2D eigenvalue weighted by molar-refractivity contribution is -0.133. The molecule has 1 rings (SSSR count). The number of halogens is 1. The molecule has 0 heterocycles. The standard InChI is InChI=1S/C11H9ClO2/c1-8-4-3-5-10(12)9(8)6-7-11(13)14-2/h3-5H,1-2H3. The van der Waals surface area contributed by atoms with Gasteiger partial charge in [0.2, 0.25) is 0 Å². The van der Waals surface area contributed by atoms with Crippen LogP contribution in [0, 0.1) is 18.8 Å². The molecule has 0 aromatic heterocycles. The van der Waals surface area contributed by atoms with E-state index in [2.05, 4.69) is 16.6 Å². The summed E-state index contributed by atoms with van der Waals surface area (Å²) in [6.45, 7) is 1.88. The molecule has 0 aliphatic carbocycles. The Morgan fingerprint density at radius 1 is 1.50 bits per heavy atom. The molecule has 3 heteroatoms. The van der Waals surface area contributed by atoms with Gasteiger partial charge in [-0.25, -0.2) is 4.79 Å². The lowest BCUT2D eigenvalue weighted by Crippen LogP contribution is -1.95. The average molecular weight is 209 g/mol. The van der Waals surface area contributed by atoms with Gasteiger partial charge >= 0.3 is 5.97 Å². The van der Waals surface area contributed by atoms with Gasteiger partial charge in [-0.1, -0.05) is 29.7 Å². The smallest absolute Gasteiger partial charge is 0.384 e. The number of benzene rings is 1. The zero-order chi connectivity index (χ0) is 10.6. The van der Waals surface area contributed by atoms with Gasteiger partial charge in [-0.05, 0) is 18.6 Å². The largest absolute Gasteiger partial charge is 0.459 e. The highest BCUT2D eigenvalue weighted by Gasteiger charge is 2.00. The van der Waals surface area contributed by atoms with Crippen molar-refractivity contribution in [1.29, 1.82) is 0 Å². The lowest BCUT2D eigenvalue weighted by Gasteiger charge is -1.98. The fourth-order valence-corrected chi connectivity index (χ4v) is 1.22. The Balaban J connectivity index is 3.06. The van der Waals surface area contributed by atoms with Crippen molar-refractivity contribution in [2.75, 3.05) is 7.11 Å². The van der Waals surface area contributed by atoms with E-state index in [0.717, 1.165) is 5.56 Å². The Bertz CT molecular complexity index is 393. The van der Waals surface area contributed by atoms with Crippen molar-refractivity contribution in [2.24, 2.45) is 0 Å². The highest BCUT2D eigenvalue weighted by atomic mass is 35.5. The van der Waals surface area contributed by atoms with E-state index in [-0.39, 0.29) is 0 Å². The first kappa shape index (κ1) is 10.6. The van der Waals surface area contributed by atoms with Crippen molar-refractivity contribution < 1.29 is 9.53 Å². The minimum Gasteiger partial charge on any atom is -0.459 e. The Labute approximate surface area is 87.8 Å². The zero-order valence-electron chi connectivity index (χ0n) is 7.93. The minimum atomic E-state index is -0.565. The molecule has 0 aliphatic heterocycles. The first-order chi connectivity index (χ1) is 6.65. The summed E-state index contributed by atoms with van der Waals surface area (Å²) in [7, 11) is 1.29. The fourth-order valence-electron chi connectivity index (χ4n) is 0.955. The molecule has 0 atom stereocenters. The highest BCUT2D eigenvalue weighted by molar-refractivity contribution is 6.31. The van der Waals surface area contributed by atoms with E-state index in [9.17, 15) is 4.79 Å². The second-order valence-electron chi connectivity index (χ2n) is 2.67. The maximum atomic E-state index is 10.8. The first-order valence-corrected chi connectivity index (χ1v) is 4.38. The molecular formula is C11H9ClO2. The number of aryl methyl sites for hydroxylation is 1. The number of carbonyl (C=O) groups excluding carboxylic acids is 1. The molecular weight excluding hydrogens is 200 g/mol. The Kier molecular flexibility index (Phi) is 3.55. The highest BCUT2D eigenvalue weighted by Crippen LogP contribution is 2.17. The summed E-state index contributed by atoms with van der Waals surface area (Å²) < 4.78 is 4.40. The van der Waals surface area contributed by atoms with Gasteiger partial charge in [0.15, 0.2) is 0 Å². The summed E-state index contributed by atoms with van der Waals surface area (Å²) in [5, 5.41) is 0.543. The molecule has 0 saturated carbocycles. The normalized spacial score (nSPS) is 8.79. The van der Waals surface area contributed by atoms with Crippen LogP contribution in [-0.4, -0.2) is 13.1 Å². The number of hydrogen-bond donors (Lipinski definition) is 0. The molecule has 0 saturated heterocycles. The monoisotopic (exact) mass is 208 g/mol. The van der Waals surface area contributed by atoms with Crippen LogP contribution in [0.25, 0.3) is 0 Å². The SMILES string of the molecule is COC(=O)C#Cc1c(C)cccc1Cl. The van der Waals surface area contributed by atoms with E-state index in [0.29, 0.717) is 10.6 Å². The molecule has 0 N–H and O–H groups in total. The van der Waals surface area contributed by atoms with E-state index in [1.807, 2.05) is 19.1 Å². The van der Waals surface area contributed by atoms with Crippen LogP contribution < -0.4 is 0 Å². The number of ether oxygens (including phenoxy) is 1. The zero-order valence-corrected chi connectivity index (χ0v) is 8.68. The van der Waals surface area contributed by atoms with E-state index in [1.54, 1.807) is 6.07 Å². The molecule has 0 spiro atoms. The van der Waals surface area contributed by atoms with Gasteiger partial charge in [0.1, 0.15) is 0 Å². The van der Waals surface area contributed by atoms with Crippen molar-refractivity contribution in [3.8, 4) is 11.8 Å². The van der Waals surface area contributed by atoms with Gasteiger partial charge in [0.25, 0.3) is 0 Å². The number of esters is 1. The molecule has 0 fully saturated rings. The summed E-state index contributed by atoms with van der Waals surface area (Å²) in [6.07, 6.45) is 0. The molecule has 0 amide bonds. The number of carbonyl (C=O) groups is 1. The third kappa shape index (κ3) is 2.51. The Hall–Kier alpha value is -1.46.